The van der Waals surface area contributed by atoms with Crippen molar-refractivity contribution in [2.24, 2.45) is 12.0 Å². The van der Waals surface area contributed by atoms with E-state index in [2.05, 4.69) is 25.6 Å². The minimum absolute atomic E-state index is 0.0443. The van der Waals surface area contributed by atoms with Crippen LogP contribution < -0.4 is 10.6 Å². The van der Waals surface area contributed by atoms with Crippen LogP contribution in [0.5, 0.6) is 0 Å². The summed E-state index contributed by atoms with van der Waals surface area (Å²) in [4.78, 5) is 19.1. The Balaban J connectivity index is 1.33. The van der Waals surface area contributed by atoms with E-state index in [0.717, 1.165) is 29.4 Å². The Kier molecular flexibility index (Phi) is 6.86. The van der Waals surface area contributed by atoms with Gasteiger partial charge in [-0.1, -0.05) is 12.1 Å². The largest absolute Gasteiger partial charge is 0.467 e. The number of nitrogens with zero attached hydrogens (tertiary/aromatic N) is 4. The molecule has 4 rings (SSSR count). The molecule has 1 fully saturated rings. The van der Waals surface area contributed by atoms with Gasteiger partial charge in [-0.15, -0.1) is 0 Å². The molecule has 1 atom stereocenters. The monoisotopic (exact) mass is 436 g/mol. The lowest BCUT2D eigenvalue weighted by Gasteiger charge is -2.34. The number of aromatic nitrogens is 2. The van der Waals surface area contributed by atoms with Gasteiger partial charge in [-0.2, -0.15) is 5.10 Å². The van der Waals surface area contributed by atoms with E-state index in [9.17, 15) is 4.79 Å². The van der Waals surface area contributed by atoms with Crippen molar-refractivity contribution in [3.05, 3.63) is 77.5 Å². The van der Waals surface area contributed by atoms with Crippen LogP contribution in [0.25, 0.3) is 0 Å². The van der Waals surface area contributed by atoms with Crippen LogP contribution in [0.1, 0.15) is 33.3 Å². The molecule has 1 aromatic carbocycles. The Labute approximate surface area is 187 Å². The van der Waals surface area contributed by atoms with Gasteiger partial charge in [0.25, 0.3) is 5.91 Å². The number of rotatable bonds is 6. The van der Waals surface area contributed by atoms with Crippen LogP contribution in [0, 0.1) is 0 Å². The van der Waals surface area contributed by atoms with Gasteiger partial charge in [0.05, 0.1) is 32.2 Å². The van der Waals surface area contributed by atoms with Gasteiger partial charge in [0, 0.05) is 44.5 Å². The molecule has 3 aromatic rings. The molecule has 3 heterocycles. The summed E-state index contributed by atoms with van der Waals surface area (Å²) in [6.45, 7) is 2.98. The fraction of sp³-hybridized carbons (Fsp3) is 0.348. The first-order chi connectivity index (χ1) is 15.6. The van der Waals surface area contributed by atoms with Crippen molar-refractivity contribution < 1.29 is 13.9 Å². The van der Waals surface area contributed by atoms with Crippen molar-refractivity contribution in [2.45, 2.75) is 19.2 Å². The second-order valence-electron chi connectivity index (χ2n) is 7.62. The van der Waals surface area contributed by atoms with Crippen LogP contribution in [0.2, 0.25) is 0 Å². The number of hydrogen-bond acceptors (Lipinski definition) is 5. The standard InChI is InChI=1S/C23H28N6O3/c1-24-23(29-8-10-32-21(16-29)19-13-27-28(2)15-19)26-12-17-5-3-6-18(11-17)22(30)25-14-20-7-4-9-31-20/h3-7,9,11,13,15,21H,8,10,12,14,16H2,1-2H3,(H,24,26)(H,25,30). The number of guanidine groups is 1. The summed E-state index contributed by atoms with van der Waals surface area (Å²) in [5.41, 5.74) is 2.66. The van der Waals surface area contributed by atoms with Crippen molar-refractivity contribution in [1.82, 2.24) is 25.3 Å². The second kappa shape index (κ2) is 10.1. The smallest absolute Gasteiger partial charge is 0.251 e. The molecule has 1 unspecified atom stereocenters. The summed E-state index contributed by atoms with van der Waals surface area (Å²) in [5.74, 6) is 1.38. The van der Waals surface area contributed by atoms with Gasteiger partial charge in [0.2, 0.25) is 0 Å². The van der Waals surface area contributed by atoms with Gasteiger partial charge < -0.3 is 24.7 Å². The van der Waals surface area contributed by atoms with Gasteiger partial charge >= 0.3 is 0 Å². The predicted octanol–water partition coefficient (Wildman–Crippen LogP) is 2.09. The summed E-state index contributed by atoms with van der Waals surface area (Å²) < 4.78 is 13.0. The Morgan fingerprint density at radius 3 is 2.91 bits per heavy atom. The van der Waals surface area contributed by atoms with E-state index in [-0.39, 0.29) is 12.0 Å². The average Bonchev–Trinajstić information content (AvgIpc) is 3.50. The van der Waals surface area contributed by atoms with Gasteiger partial charge in [-0.25, -0.2) is 0 Å². The van der Waals surface area contributed by atoms with Crippen LogP contribution in [0.15, 0.2) is 64.5 Å². The molecular formula is C23H28N6O3. The highest BCUT2D eigenvalue weighted by molar-refractivity contribution is 5.94. The molecule has 1 saturated heterocycles. The van der Waals surface area contributed by atoms with E-state index in [1.807, 2.05) is 43.7 Å². The number of nitrogens with one attached hydrogen (secondary N) is 2. The zero-order valence-corrected chi connectivity index (χ0v) is 18.3. The van der Waals surface area contributed by atoms with Crippen LogP contribution in [0.4, 0.5) is 0 Å². The lowest BCUT2D eigenvalue weighted by atomic mass is 10.1. The zero-order valence-electron chi connectivity index (χ0n) is 18.3. The topological polar surface area (TPSA) is 96.9 Å². The first kappa shape index (κ1) is 21.6. The Morgan fingerprint density at radius 2 is 2.16 bits per heavy atom. The SMILES string of the molecule is CN=C(NCc1cccc(C(=O)NCc2ccco2)c1)N1CCOC(c2cnn(C)c2)C1. The lowest BCUT2D eigenvalue weighted by Crippen LogP contribution is -2.47. The molecule has 168 valence electrons. The van der Waals surface area contributed by atoms with Crippen LogP contribution in [-0.2, 0) is 24.9 Å². The summed E-state index contributed by atoms with van der Waals surface area (Å²) >= 11 is 0. The molecule has 0 saturated carbocycles. The molecule has 9 nitrogen and oxygen atoms in total. The molecule has 1 amide bonds. The van der Waals surface area contributed by atoms with Crippen molar-refractivity contribution in [2.75, 3.05) is 26.7 Å². The van der Waals surface area contributed by atoms with E-state index in [1.54, 1.807) is 30.1 Å². The fourth-order valence-corrected chi connectivity index (χ4v) is 3.67. The molecule has 0 bridgehead atoms. The Morgan fingerprint density at radius 1 is 1.25 bits per heavy atom. The first-order valence-electron chi connectivity index (χ1n) is 10.6. The molecule has 2 aromatic heterocycles. The van der Waals surface area contributed by atoms with E-state index >= 15 is 0 Å². The van der Waals surface area contributed by atoms with Crippen molar-refractivity contribution in [3.63, 3.8) is 0 Å². The molecule has 0 spiro atoms. The first-order valence-corrected chi connectivity index (χ1v) is 10.6. The van der Waals surface area contributed by atoms with Crippen LogP contribution in [-0.4, -0.2) is 53.3 Å². The molecule has 0 radical (unpaired) electrons. The van der Waals surface area contributed by atoms with E-state index < -0.39 is 0 Å². The van der Waals surface area contributed by atoms with Crippen molar-refractivity contribution in [3.8, 4) is 0 Å². The maximum absolute atomic E-state index is 12.5. The highest BCUT2D eigenvalue weighted by Gasteiger charge is 2.25. The number of aryl methyl sites for hydroxylation is 1. The minimum Gasteiger partial charge on any atom is -0.467 e. The zero-order chi connectivity index (χ0) is 22.3. The molecular weight excluding hydrogens is 408 g/mol. The third kappa shape index (κ3) is 5.36. The summed E-state index contributed by atoms with van der Waals surface area (Å²) in [6, 6.07) is 11.2. The second-order valence-corrected chi connectivity index (χ2v) is 7.62. The van der Waals surface area contributed by atoms with Gasteiger partial charge in [-0.05, 0) is 29.8 Å². The number of carbonyl (C=O) groups excluding carboxylic acids is 1. The number of hydrogen-bond donors (Lipinski definition) is 2. The number of aliphatic imine (C=N–C) groups is 1. The van der Waals surface area contributed by atoms with Crippen molar-refractivity contribution in [1.29, 1.82) is 0 Å². The molecule has 0 aliphatic carbocycles. The maximum atomic E-state index is 12.5. The molecule has 9 heteroatoms. The Bertz CT molecular complexity index is 1060. The number of amides is 1. The van der Waals surface area contributed by atoms with E-state index in [1.165, 1.54) is 0 Å². The highest BCUT2D eigenvalue weighted by Crippen LogP contribution is 2.21. The minimum atomic E-state index is -0.139. The average molecular weight is 437 g/mol. The van der Waals surface area contributed by atoms with Gasteiger partial charge in [-0.3, -0.25) is 14.5 Å². The normalized spacial score (nSPS) is 16.8. The number of benzene rings is 1. The number of morpholine rings is 1. The molecule has 1 aliphatic rings. The quantitative estimate of drug-likeness (QED) is 0.454. The van der Waals surface area contributed by atoms with E-state index in [4.69, 9.17) is 9.15 Å². The molecule has 2 N–H and O–H groups in total. The van der Waals surface area contributed by atoms with E-state index in [0.29, 0.717) is 31.8 Å². The summed E-state index contributed by atoms with van der Waals surface area (Å²) in [7, 11) is 3.67. The maximum Gasteiger partial charge on any atom is 0.251 e. The Hall–Kier alpha value is -3.59. The summed E-state index contributed by atoms with van der Waals surface area (Å²) in [5, 5.41) is 10.5. The molecule has 1 aliphatic heterocycles. The third-order valence-corrected chi connectivity index (χ3v) is 5.32. The van der Waals surface area contributed by atoms with Crippen molar-refractivity contribution >= 4 is 11.9 Å². The number of carbonyl (C=O) groups is 1. The van der Waals surface area contributed by atoms with Crippen LogP contribution in [0.3, 0.4) is 0 Å². The summed E-state index contributed by atoms with van der Waals surface area (Å²) in [6.07, 6.45) is 5.37. The lowest BCUT2D eigenvalue weighted by molar-refractivity contribution is -0.00805. The number of furan rings is 1. The third-order valence-electron chi connectivity index (χ3n) is 5.32. The fourth-order valence-electron chi connectivity index (χ4n) is 3.67. The predicted molar refractivity (Wildman–Crippen MR) is 120 cm³/mol. The van der Waals surface area contributed by atoms with Gasteiger partial charge in [0.15, 0.2) is 5.96 Å². The highest BCUT2D eigenvalue weighted by atomic mass is 16.5. The van der Waals surface area contributed by atoms with Gasteiger partial charge in [0.1, 0.15) is 11.9 Å². The molecule has 32 heavy (non-hydrogen) atoms. The number of ether oxygens (including phenoxy) is 1. The van der Waals surface area contributed by atoms with Crippen LogP contribution >= 0.6 is 0 Å².